The van der Waals surface area contributed by atoms with Crippen molar-refractivity contribution < 1.29 is 24.2 Å². The van der Waals surface area contributed by atoms with Crippen LogP contribution in [-0.4, -0.2) is 34.5 Å². The molecule has 0 fully saturated rings. The number of hydrogen-bond donors (Lipinski definition) is 2. The zero-order chi connectivity index (χ0) is 18.0. The summed E-state index contributed by atoms with van der Waals surface area (Å²) < 4.78 is 5.97. The molecule has 1 aromatic carbocycles. The third-order valence-corrected chi connectivity index (χ3v) is 4.10. The lowest BCUT2D eigenvalue weighted by Crippen LogP contribution is -2.12. The van der Waals surface area contributed by atoms with Crippen LogP contribution in [0.5, 0.6) is 0 Å². The number of fused-ring (bicyclic) bond motifs is 1. The average Bonchev–Trinajstić information content (AvgIpc) is 2.87. The number of carbonyl (C=O) groups is 3. The van der Waals surface area contributed by atoms with Crippen LogP contribution in [-0.2, 0) is 23.0 Å². The quantitative estimate of drug-likeness (QED) is 0.476. The molecule has 0 aliphatic rings. The highest BCUT2D eigenvalue weighted by atomic mass is 16.5. The number of ether oxygens (including phenoxy) is 1. The number of nitrogens with zero attached hydrogens (tertiary/aromatic N) is 1. The molecule has 0 unspecified atom stereocenters. The predicted octanol–water partition coefficient (Wildman–Crippen LogP) is 2.16. The largest absolute Gasteiger partial charge is 0.477 e. The van der Waals surface area contributed by atoms with Gasteiger partial charge in [0.1, 0.15) is 5.69 Å². The summed E-state index contributed by atoms with van der Waals surface area (Å²) in [6.07, 6.45) is 0.399. The minimum absolute atomic E-state index is 0.103. The van der Waals surface area contributed by atoms with Gasteiger partial charge in [0.05, 0.1) is 30.3 Å². The molecule has 128 valence electrons. The van der Waals surface area contributed by atoms with Crippen LogP contribution >= 0.6 is 0 Å². The van der Waals surface area contributed by atoms with Crippen LogP contribution in [0.25, 0.3) is 10.9 Å². The molecule has 7 nitrogen and oxygen atoms in total. The van der Waals surface area contributed by atoms with Crippen LogP contribution in [0, 0.1) is 0 Å². The number of Topliss-reactive ketones (excluding diaryl/α,β-unsaturated/α-hetero) is 1. The normalized spacial score (nSPS) is 10.8. The van der Waals surface area contributed by atoms with E-state index in [1.807, 2.05) is 6.92 Å². The van der Waals surface area contributed by atoms with Crippen molar-refractivity contribution in [1.82, 2.24) is 4.57 Å². The molecule has 1 heterocycles. The summed E-state index contributed by atoms with van der Waals surface area (Å²) >= 11 is 0. The second-order valence-corrected chi connectivity index (χ2v) is 5.48. The van der Waals surface area contributed by atoms with Crippen LogP contribution in [0.15, 0.2) is 12.1 Å². The fourth-order valence-corrected chi connectivity index (χ4v) is 2.95. The van der Waals surface area contributed by atoms with E-state index in [0.717, 1.165) is 5.56 Å². The number of carbonyl (C=O) groups excluding carboxylic acids is 2. The number of methoxy groups -OCH3 is 1. The van der Waals surface area contributed by atoms with E-state index in [4.69, 9.17) is 5.73 Å². The molecule has 0 spiro atoms. The molecule has 2 aromatic rings. The molecule has 0 radical (unpaired) electrons. The van der Waals surface area contributed by atoms with E-state index in [1.54, 1.807) is 19.2 Å². The van der Waals surface area contributed by atoms with Gasteiger partial charge < -0.3 is 20.1 Å². The van der Waals surface area contributed by atoms with E-state index in [1.165, 1.54) is 11.7 Å². The van der Waals surface area contributed by atoms with Crippen LogP contribution in [0.4, 0.5) is 5.69 Å². The minimum atomic E-state index is -1.21. The maximum Gasteiger partial charge on any atom is 0.353 e. The van der Waals surface area contributed by atoms with Gasteiger partial charge in [0, 0.05) is 18.9 Å². The molecule has 0 atom stereocenters. The molecule has 0 saturated heterocycles. The van der Waals surface area contributed by atoms with Crippen molar-refractivity contribution in [3.05, 3.63) is 29.0 Å². The Kier molecular flexibility index (Phi) is 4.92. The van der Waals surface area contributed by atoms with Crippen LogP contribution in [0.3, 0.4) is 0 Å². The Labute approximate surface area is 139 Å². The highest BCUT2D eigenvalue weighted by Gasteiger charge is 2.28. The summed E-state index contributed by atoms with van der Waals surface area (Å²) in [5.74, 6) is -2.14. The number of rotatable bonds is 6. The highest BCUT2D eigenvalue weighted by Crippen LogP contribution is 2.34. The first-order valence-corrected chi connectivity index (χ1v) is 7.56. The number of benzene rings is 1. The van der Waals surface area contributed by atoms with Crippen molar-refractivity contribution in [2.75, 3.05) is 12.8 Å². The molecule has 0 amide bonds. The van der Waals surface area contributed by atoms with E-state index < -0.39 is 17.7 Å². The minimum Gasteiger partial charge on any atom is -0.477 e. The van der Waals surface area contributed by atoms with Gasteiger partial charge in [-0.05, 0) is 18.1 Å². The molecular formula is C17H20N2O5. The van der Waals surface area contributed by atoms with Crippen molar-refractivity contribution in [3.63, 3.8) is 0 Å². The van der Waals surface area contributed by atoms with E-state index in [0.29, 0.717) is 23.0 Å². The van der Waals surface area contributed by atoms with Gasteiger partial charge in [-0.1, -0.05) is 13.0 Å². The molecule has 24 heavy (non-hydrogen) atoms. The molecule has 0 saturated carbocycles. The Bertz CT molecular complexity index is 835. The molecular weight excluding hydrogens is 312 g/mol. The maximum absolute atomic E-state index is 12.7. The first-order chi connectivity index (χ1) is 11.3. The Morgan fingerprint density at radius 2 is 1.92 bits per heavy atom. The number of nitrogen functional groups attached to an aromatic ring is 1. The number of carboxylic acid groups (broad SMARTS) is 1. The Morgan fingerprint density at radius 1 is 1.25 bits per heavy atom. The van der Waals surface area contributed by atoms with Crippen molar-refractivity contribution in [2.24, 2.45) is 7.05 Å². The SMILES string of the molecule is CCc1ccc(N)c2c1c(C(=O)CCC(=O)OC)c(C(=O)O)n2C. The fourth-order valence-electron chi connectivity index (χ4n) is 2.95. The number of anilines is 1. The third-order valence-electron chi connectivity index (χ3n) is 4.10. The van der Waals surface area contributed by atoms with Gasteiger partial charge in [-0.2, -0.15) is 0 Å². The monoisotopic (exact) mass is 332 g/mol. The number of aromatic nitrogens is 1. The lowest BCUT2D eigenvalue weighted by atomic mass is 9.97. The van der Waals surface area contributed by atoms with Gasteiger partial charge in [-0.15, -0.1) is 0 Å². The summed E-state index contributed by atoms with van der Waals surface area (Å²) in [5.41, 5.74) is 7.75. The van der Waals surface area contributed by atoms with E-state index in [2.05, 4.69) is 4.74 Å². The summed E-state index contributed by atoms with van der Waals surface area (Å²) in [6.45, 7) is 1.92. The second kappa shape index (κ2) is 6.74. The molecule has 0 aliphatic carbocycles. The number of aromatic carboxylic acids is 1. The van der Waals surface area contributed by atoms with Gasteiger partial charge in [-0.25, -0.2) is 4.79 Å². The number of nitrogens with two attached hydrogens (primary N) is 1. The maximum atomic E-state index is 12.7. The second-order valence-electron chi connectivity index (χ2n) is 5.48. The Balaban J connectivity index is 2.72. The summed E-state index contributed by atoms with van der Waals surface area (Å²) in [7, 11) is 2.81. The lowest BCUT2D eigenvalue weighted by Gasteiger charge is -2.06. The third kappa shape index (κ3) is 2.84. The van der Waals surface area contributed by atoms with Crippen molar-refractivity contribution in [1.29, 1.82) is 0 Å². The molecule has 7 heteroatoms. The number of aryl methyl sites for hydroxylation is 2. The van der Waals surface area contributed by atoms with Crippen LogP contribution in [0.1, 0.15) is 46.2 Å². The van der Waals surface area contributed by atoms with Crippen LogP contribution in [0.2, 0.25) is 0 Å². The van der Waals surface area contributed by atoms with Crippen molar-refractivity contribution in [2.45, 2.75) is 26.2 Å². The highest BCUT2D eigenvalue weighted by molar-refractivity contribution is 6.18. The summed E-state index contributed by atoms with van der Waals surface area (Å²) in [6, 6.07) is 3.50. The molecule has 0 aliphatic heterocycles. The summed E-state index contributed by atoms with van der Waals surface area (Å²) in [5, 5.41) is 10.1. The van der Waals surface area contributed by atoms with E-state index in [9.17, 15) is 19.5 Å². The zero-order valence-electron chi connectivity index (χ0n) is 13.9. The number of carboxylic acids is 1. The first-order valence-electron chi connectivity index (χ1n) is 7.56. The average molecular weight is 332 g/mol. The van der Waals surface area contributed by atoms with Gasteiger partial charge >= 0.3 is 11.9 Å². The molecule has 1 aromatic heterocycles. The molecule has 3 N–H and O–H groups in total. The van der Waals surface area contributed by atoms with Gasteiger partial charge in [0.2, 0.25) is 0 Å². The summed E-state index contributed by atoms with van der Waals surface area (Å²) in [4.78, 5) is 35.7. The number of ketones is 1. The number of esters is 1. The lowest BCUT2D eigenvalue weighted by molar-refractivity contribution is -0.140. The Morgan fingerprint density at radius 3 is 2.46 bits per heavy atom. The first kappa shape index (κ1) is 17.5. The smallest absolute Gasteiger partial charge is 0.353 e. The predicted molar refractivity (Wildman–Crippen MR) is 89.2 cm³/mol. The molecule has 2 rings (SSSR count). The van der Waals surface area contributed by atoms with Gasteiger partial charge in [-0.3, -0.25) is 9.59 Å². The number of hydrogen-bond acceptors (Lipinski definition) is 5. The Hall–Kier alpha value is -2.83. The topological polar surface area (TPSA) is 112 Å². The fraction of sp³-hybridized carbons (Fsp3) is 0.353. The van der Waals surface area contributed by atoms with Crippen molar-refractivity contribution in [3.8, 4) is 0 Å². The van der Waals surface area contributed by atoms with Gasteiger partial charge in [0.25, 0.3) is 0 Å². The van der Waals surface area contributed by atoms with Crippen molar-refractivity contribution >= 4 is 34.3 Å². The van der Waals surface area contributed by atoms with Crippen LogP contribution < -0.4 is 5.73 Å². The molecule has 0 bridgehead atoms. The standard InChI is InChI=1S/C17H20N2O5/c1-4-9-5-6-10(18)15-13(9)14(16(17(22)23)19(15)2)11(20)7-8-12(21)24-3/h5-6H,4,7-8,18H2,1-3H3,(H,22,23). The zero-order valence-corrected chi connectivity index (χ0v) is 13.9. The van der Waals surface area contributed by atoms with Gasteiger partial charge in [0.15, 0.2) is 5.78 Å². The van der Waals surface area contributed by atoms with E-state index >= 15 is 0 Å². The van der Waals surface area contributed by atoms with E-state index in [-0.39, 0.29) is 24.1 Å².